The Hall–Kier alpha value is -2.25. The molecule has 2 aliphatic heterocycles. The fourth-order valence-corrected chi connectivity index (χ4v) is 4.58. The lowest BCUT2D eigenvalue weighted by molar-refractivity contribution is -0.117. The molecule has 2 unspecified atom stereocenters. The second-order valence-corrected chi connectivity index (χ2v) is 8.40. The molecule has 2 atom stereocenters. The molecule has 0 bridgehead atoms. The van der Waals surface area contributed by atoms with E-state index in [9.17, 15) is 9.59 Å². The number of nitrogens with one attached hydrogen (secondary N) is 1. The van der Waals surface area contributed by atoms with E-state index in [1.54, 1.807) is 47.5 Å². The zero-order valence-corrected chi connectivity index (χ0v) is 16.7. The zero-order chi connectivity index (χ0) is 19.5. The topological polar surface area (TPSA) is 71.5 Å². The van der Waals surface area contributed by atoms with Gasteiger partial charge in [0.25, 0.3) is 5.91 Å². The van der Waals surface area contributed by atoms with E-state index >= 15 is 0 Å². The van der Waals surface area contributed by atoms with E-state index in [1.807, 2.05) is 11.8 Å². The Balaban J connectivity index is 1.43. The van der Waals surface area contributed by atoms with Crippen LogP contribution in [0.4, 0.5) is 5.69 Å². The maximum absolute atomic E-state index is 12.8. The van der Waals surface area contributed by atoms with Crippen LogP contribution in [0.1, 0.15) is 23.2 Å². The van der Waals surface area contributed by atoms with Crippen LogP contribution >= 0.6 is 23.4 Å². The Kier molecular flexibility index (Phi) is 5.73. The Bertz CT molecular complexity index is 871. The number of hydrogen-bond acceptors (Lipinski definition) is 5. The van der Waals surface area contributed by atoms with Crippen molar-refractivity contribution in [2.75, 3.05) is 23.0 Å². The summed E-state index contributed by atoms with van der Waals surface area (Å²) in [6.07, 6.45) is 2.91. The Morgan fingerprint density at radius 3 is 2.86 bits per heavy atom. The van der Waals surface area contributed by atoms with Gasteiger partial charge in [0.1, 0.15) is 11.7 Å². The highest BCUT2D eigenvalue weighted by Crippen LogP contribution is 2.26. The molecule has 2 fully saturated rings. The summed E-state index contributed by atoms with van der Waals surface area (Å²) in [5.41, 5.74) is 1.17. The Morgan fingerprint density at radius 2 is 2.11 bits per heavy atom. The van der Waals surface area contributed by atoms with E-state index in [2.05, 4.69) is 10.3 Å². The first-order chi connectivity index (χ1) is 13.6. The van der Waals surface area contributed by atoms with Gasteiger partial charge in [-0.05, 0) is 48.6 Å². The maximum atomic E-state index is 12.8. The third-order valence-corrected chi connectivity index (χ3v) is 6.16. The number of pyridine rings is 1. The number of hydrogen-bond donors (Lipinski definition) is 1. The Labute approximate surface area is 172 Å². The number of amides is 2. The van der Waals surface area contributed by atoms with E-state index in [0.717, 1.165) is 23.6 Å². The molecule has 2 aromatic rings. The molecule has 146 valence electrons. The van der Waals surface area contributed by atoms with Crippen molar-refractivity contribution >= 4 is 40.9 Å². The molecule has 0 radical (unpaired) electrons. The lowest BCUT2D eigenvalue weighted by Crippen LogP contribution is -2.37. The second-order valence-electron chi connectivity index (χ2n) is 6.81. The van der Waals surface area contributed by atoms with Gasteiger partial charge in [0.2, 0.25) is 11.8 Å². The van der Waals surface area contributed by atoms with Gasteiger partial charge >= 0.3 is 0 Å². The third kappa shape index (κ3) is 4.25. The summed E-state index contributed by atoms with van der Waals surface area (Å²) in [5, 5.41) is 3.57. The van der Waals surface area contributed by atoms with Crippen molar-refractivity contribution in [1.82, 2.24) is 10.3 Å². The third-order valence-electron chi connectivity index (χ3n) is 4.78. The molecule has 2 aliphatic rings. The highest BCUT2D eigenvalue weighted by molar-refractivity contribution is 7.99. The molecular weight excluding hydrogens is 398 g/mol. The van der Waals surface area contributed by atoms with Gasteiger partial charge in [-0.25, -0.2) is 4.98 Å². The van der Waals surface area contributed by atoms with Crippen molar-refractivity contribution in [3.8, 4) is 5.88 Å². The summed E-state index contributed by atoms with van der Waals surface area (Å²) in [7, 11) is 0. The van der Waals surface area contributed by atoms with E-state index in [-0.39, 0.29) is 30.4 Å². The smallest absolute Gasteiger partial charge is 0.257 e. The van der Waals surface area contributed by atoms with Crippen molar-refractivity contribution in [1.29, 1.82) is 0 Å². The van der Waals surface area contributed by atoms with Gasteiger partial charge in [0.15, 0.2) is 0 Å². The molecule has 0 saturated carbocycles. The van der Waals surface area contributed by atoms with Crippen LogP contribution < -0.4 is 15.0 Å². The molecule has 2 amide bonds. The van der Waals surface area contributed by atoms with Crippen LogP contribution in [0.3, 0.4) is 0 Å². The number of nitrogens with zero attached hydrogens (tertiary/aromatic N) is 2. The van der Waals surface area contributed by atoms with Gasteiger partial charge < -0.3 is 15.0 Å². The summed E-state index contributed by atoms with van der Waals surface area (Å²) in [6, 6.07) is 10.2. The molecule has 4 rings (SSSR count). The van der Waals surface area contributed by atoms with Crippen LogP contribution in [-0.4, -0.2) is 47.0 Å². The highest BCUT2D eigenvalue weighted by atomic mass is 35.5. The molecule has 1 aromatic heterocycles. The fourth-order valence-electron chi connectivity index (χ4n) is 3.36. The molecule has 2 saturated heterocycles. The standard InChI is InChI=1S/C20H20ClN3O3S/c21-13-3-5-15(6-4-13)24-11-14(10-18(24)25)23-19(26)17-2-1-8-22-20(17)27-16-7-9-28-12-16/h1-6,8,14,16H,7,9-12H2,(H,23,26). The van der Waals surface area contributed by atoms with E-state index < -0.39 is 0 Å². The molecule has 0 spiro atoms. The minimum absolute atomic E-state index is 0.0294. The lowest BCUT2D eigenvalue weighted by atomic mass is 10.2. The van der Waals surface area contributed by atoms with Crippen molar-refractivity contribution < 1.29 is 14.3 Å². The average molecular weight is 418 g/mol. The Morgan fingerprint density at radius 1 is 1.29 bits per heavy atom. The number of thioether (sulfide) groups is 1. The summed E-state index contributed by atoms with van der Waals surface area (Å²) in [6.45, 7) is 0.419. The number of halogens is 1. The van der Waals surface area contributed by atoms with Crippen molar-refractivity contribution in [2.45, 2.75) is 25.0 Å². The molecule has 28 heavy (non-hydrogen) atoms. The first-order valence-electron chi connectivity index (χ1n) is 9.16. The number of carbonyl (C=O) groups excluding carboxylic acids is 2. The first-order valence-corrected chi connectivity index (χ1v) is 10.7. The van der Waals surface area contributed by atoms with Crippen molar-refractivity contribution in [3.63, 3.8) is 0 Å². The van der Waals surface area contributed by atoms with Crippen LogP contribution in [0.25, 0.3) is 0 Å². The molecule has 8 heteroatoms. The molecule has 3 heterocycles. The average Bonchev–Trinajstić information content (AvgIpc) is 3.32. The summed E-state index contributed by atoms with van der Waals surface area (Å²) in [4.78, 5) is 31.1. The van der Waals surface area contributed by atoms with Gasteiger partial charge in [-0.15, -0.1) is 0 Å². The molecular formula is C20H20ClN3O3S. The number of benzene rings is 1. The molecule has 1 aromatic carbocycles. The zero-order valence-electron chi connectivity index (χ0n) is 15.1. The van der Waals surface area contributed by atoms with E-state index in [0.29, 0.717) is 23.0 Å². The minimum atomic E-state index is -0.274. The van der Waals surface area contributed by atoms with E-state index in [1.165, 1.54) is 0 Å². The predicted molar refractivity (Wildman–Crippen MR) is 110 cm³/mol. The van der Waals surface area contributed by atoms with Gasteiger partial charge in [0.05, 0.1) is 6.04 Å². The number of anilines is 1. The van der Waals surface area contributed by atoms with Crippen LogP contribution in [-0.2, 0) is 4.79 Å². The van der Waals surface area contributed by atoms with Gasteiger partial charge in [-0.3, -0.25) is 9.59 Å². The molecule has 1 N–H and O–H groups in total. The van der Waals surface area contributed by atoms with E-state index in [4.69, 9.17) is 16.3 Å². The van der Waals surface area contributed by atoms with Gasteiger partial charge in [-0.2, -0.15) is 11.8 Å². The first kappa shape index (κ1) is 19.1. The summed E-state index contributed by atoms with van der Waals surface area (Å²) in [5.74, 6) is 2.02. The highest BCUT2D eigenvalue weighted by Gasteiger charge is 2.32. The minimum Gasteiger partial charge on any atom is -0.473 e. The van der Waals surface area contributed by atoms with Crippen LogP contribution in [0.2, 0.25) is 5.02 Å². The predicted octanol–water partition coefficient (Wildman–Crippen LogP) is 3.15. The van der Waals surface area contributed by atoms with Crippen LogP contribution in [0, 0.1) is 0 Å². The quantitative estimate of drug-likeness (QED) is 0.809. The normalized spacial score (nSPS) is 21.8. The number of aromatic nitrogens is 1. The fraction of sp³-hybridized carbons (Fsp3) is 0.350. The largest absolute Gasteiger partial charge is 0.473 e. The number of ether oxygens (including phenoxy) is 1. The second kappa shape index (κ2) is 8.41. The maximum Gasteiger partial charge on any atom is 0.257 e. The summed E-state index contributed by atoms with van der Waals surface area (Å²) >= 11 is 7.75. The number of rotatable bonds is 5. The molecule has 0 aliphatic carbocycles. The summed E-state index contributed by atoms with van der Waals surface area (Å²) < 4.78 is 5.93. The van der Waals surface area contributed by atoms with Gasteiger partial charge in [0, 0.05) is 35.6 Å². The SMILES string of the molecule is O=C(NC1CC(=O)N(c2ccc(Cl)cc2)C1)c1cccnc1OC1CCSC1. The number of carbonyl (C=O) groups is 2. The van der Waals surface area contributed by atoms with Crippen molar-refractivity contribution in [2.24, 2.45) is 0 Å². The van der Waals surface area contributed by atoms with Gasteiger partial charge in [-0.1, -0.05) is 11.6 Å². The van der Waals surface area contributed by atoms with Crippen LogP contribution in [0.5, 0.6) is 5.88 Å². The lowest BCUT2D eigenvalue weighted by Gasteiger charge is -2.18. The molecule has 6 nitrogen and oxygen atoms in total. The van der Waals surface area contributed by atoms with Crippen molar-refractivity contribution in [3.05, 3.63) is 53.2 Å². The monoisotopic (exact) mass is 417 g/mol. The van der Waals surface area contributed by atoms with Crippen LogP contribution in [0.15, 0.2) is 42.6 Å².